The van der Waals surface area contributed by atoms with Crippen LogP contribution in [0.5, 0.6) is 0 Å². The van der Waals surface area contributed by atoms with Gasteiger partial charge in [-0.25, -0.2) is 0 Å². The molecule has 120 valence electrons. The average Bonchev–Trinajstić information content (AvgIpc) is 2.63. The lowest BCUT2D eigenvalue weighted by molar-refractivity contribution is -0.126. The molecule has 1 atom stereocenters. The van der Waals surface area contributed by atoms with Crippen LogP contribution >= 0.6 is 0 Å². The van der Waals surface area contributed by atoms with Crippen LogP contribution in [0.25, 0.3) is 11.1 Å². The van der Waals surface area contributed by atoms with Gasteiger partial charge >= 0.3 is 0 Å². The lowest BCUT2D eigenvalue weighted by atomic mass is 9.96. The Balaban J connectivity index is 1.63. The van der Waals surface area contributed by atoms with Crippen molar-refractivity contribution >= 4 is 5.91 Å². The summed E-state index contributed by atoms with van der Waals surface area (Å²) < 4.78 is 0. The molecule has 4 heteroatoms. The standard InChI is InChI=1S/C19H23N3O/c1-14(22-19(23)17-8-11-20-12-9-17)15-4-6-16(7-5-15)18-3-2-10-21-13-18/h2-7,10,13-14,17,20H,8-9,11-12H2,1H3,(H,22,23). The molecule has 1 aliphatic rings. The van der Waals surface area contributed by atoms with Gasteiger partial charge in [0.15, 0.2) is 0 Å². The molecule has 1 aromatic carbocycles. The van der Waals surface area contributed by atoms with E-state index in [9.17, 15) is 4.79 Å². The van der Waals surface area contributed by atoms with Crippen LogP contribution in [0.3, 0.4) is 0 Å². The molecular formula is C19H23N3O. The molecule has 0 saturated carbocycles. The number of nitrogens with zero attached hydrogens (tertiary/aromatic N) is 1. The van der Waals surface area contributed by atoms with Crippen LogP contribution < -0.4 is 10.6 Å². The summed E-state index contributed by atoms with van der Waals surface area (Å²) in [5.74, 6) is 0.323. The van der Waals surface area contributed by atoms with E-state index in [2.05, 4.69) is 39.9 Å². The Kier molecular flexibility index (Phi) is 5.03. The molecule has 2 heterocycles. The third-order valence-corrected chi connectivity index (χ3v) is 4.47. The first kappa shape index (κ1) is 15.7. The number of carbonyl (C=O) groups is 1. The second-order valence-corrected chi connectivity index (χ2v) is 6.12. The van der Waals surface area contributed by atoms with Gasteiger partial charge in [-0.05, 0) is 55.6 Å². The number of nitrogens with one attached hydrogen (secondary N) is 2. The van der Waals surface area contributed by atoms with Crippen molar-refractivity contribution in [3.05, 3.63) is 54.4 Å². The first-order valence-electron chi connectivity index (χ1n) is 8.25. The molecule has 23 heavy (non-hydrogen) atoms. The first-order valence-corrected chi connectivity index (χ1v) is 8.25. The quantitative estimate of drug-likeness (QED) is 0.913. The zero-order chi connectivity index (χ0) is 16.1. The Hall–Kier alpha value is -2.20. The topological polar surface area (TPSA) is 54.0 Å². The Morgan fingerprint density at radius 3 is 2.57 bits per heavy atom. The molecule has 1 amide bonds. The summed E-state index contributed by atoms with van der Waals surface area (Å²) in [6, 6.07) is 12.3. The molecule has 0 bridgehead atoms. The van der Waals surface area contributed by atoms with Crippen molar-refractivity contribution in [3.8, 4) is 11.1 Å². The van der Waals surface area contributed by atoms with Crippen molar-refractivity contribution in [1.82, 2.24) is 15.6 Å². The summed E-state index contributed by atoms with van der Waals surface area (Å²) in [5, 5.41) is 6.44. The number of pyridine rings is 1. The van der Waals surface area contributed by atoms with Gasteiger partial charge in [0.2, 0.25) is 5.91 Å². The van der Waals surface area contributed by atoms with Crippen LogP contribution in [0.4, 0.5) is 0 Å². The maximum absolute atomic E-state index is 12.3. The molecule has 0 spiro atoms. The number of benzene rings is 1. The Labute approximate surface area is 137 Å². The largest absolute Gasteiger partial charge is 0.349 e. The molecular weight excluding hydrogens is 286 g/mol. The van der Waals surface area contributed by atoms with Crippen LogP contribution in [-0.2, 0) is 4.79 Å². The van der Waals surface area contributed by atoms with E-state index in [0.717, 1.165) is 42.6 Å². The van der Waals surface area contributed by atoms with E-state index in [-0.39, 0.29) is 17.9 Å². The highest BCUT2D eigenvalue weighted by Crippen LogP contribution is 2.22. The second kappa shape index (κ2) is 7.38. The highest BCUT2D eigenvalue weighted by molar-refractivity contribution is 5.79. The fourth-order valence-corrected chi connectivity index (χ4v) is 3.00. The van der Waals surface area contributed by atoms with E-state index in [1.54, 1.807) is 6.20 Å². The number of aromatic nitrogens is 1. The predicted octanol–water partition coefficient (Wildman–Crippen LogP) is 2.93. The second-order valence-electron chi connectivity index (χ2n) is 6.12. The molecule has 0 aliphatic carbocycles. The highest BCUT2D eigenvalue weighted by atomic mass is 16.1. The van der Waals surface area contributed by atoms with Crippen LogP contribution in [0.1, 0.15) is 31.4 Å². The fourth-order valence-electron chi connectivity index (χ4n) is 3.00. The summed E-state index contributed by atoms with van der Waals surface area (Å²) in [5.41, 5.74) is 3.36. The minimum Gasteiger partial charge on any atom is -0.349 e. The van der Waals surface area contributed by atoms with Crippen molar-refractivity contribution in [3.63, 3.8) is 0 Å². The maximum Gasteiger partial charge on any atom is 0.223 e. The number of hydrogen-bond acceptors (Lipinski definition) is 3. The number of amides is 1. The van der Waals surface area contributed by atoms with Crippen molar-refractivity contribution < 1.29 is 4.79 Å². The normalized spacial score (nSPS) is 16.7. The molecule has 1 fully saturated rings. The van der Waals surface area contributed by atoms with E-state index in [0.29, 0.717) is 0 Å². The van der Waals surface area contributed by atoms with Crippen molar-refractivity contribution in [2.75, 3.05) is 13.1 Å². The zero-order valence-electron chi connectivity index (χ0n) is 13.5. The number of hydrogen-bond donors (Lipinski definition) is 2. The molecule has 1 saturated heterocycles. The van der Waals surface area contributed by atoms with Crippen LogP contribution in [-0.4, -0.2) is 24.0 Å². The van der Waals surface area contributed by atoms with Gasteiger partial charge in [0, 0.05) is 18.3 Å². The highest BCUT2D eigenvalue weighted by Gasteiger charge is 2.22. The summed E-state index contributed by atoms with van der Waals surface area (Å²) in [4.78, 5) is 16.5. The molecule has 4 nitrogen and oxygen atoms in total. The number of carbonyl (C=O) groups excluding carboxylic acids is 1. The molecule has 0 radical (unpaired) electrons. The average molecular weight is 309 g/mol. The van der Waals surface area contributed by atoms with E-state index in [4.69, 9.17) is 0 Å². The molecule has 1 aliphatic heterocycles. The lowest BCUT2D eigenvalue weighted by Gasteiger charge is -2.24. The molecule has 1 unspecified atom stereocenters. The van der Waals surface area contributed by atoms with E-state index < -0.39 is 0 Å². The van der Waals surface area contributed by atoms with Gasteiger partial charge in [-0.3, -0.25) is 9.78 Å². The first-order chi connectivity index (χ1) is 11.2. The van der Waals surface area contributed by atoms with Gasteiger partial charge in [-0.1, -0.05) is 30.3 Å². The van der Waals surface area contributed by atoms with Crippen LogP contribution in [0.15, 0.2) is 48.8 Å². The third-order valence-electron chi connectivity index (χ3n) is 4.47. The van der Waals surface area contributed by atoms with Crippen LogP contribution in [0.2, 0.25) is 0 Å². The Bertz CT molecular complexity index is 633. The van der Waals surface area contributed by atoms with Gasteiger partial charge in [-0.15, -0.1) is 0 Å². The maximum atomic E-state index is 12.3. The zero-order valence-corrected chi connectivity index (χ0v) is 13.5. The summed E-state index contributed by atoms with van der Waals surface area (Å²) in [6.07, 6.45) is 5.49. The van der Waals surface area contributed by atoms with E-state index >= 15 is 0 Å². The Morgan fingerprint density at radius 2 is 1.91 bits per heavy atom. The molecule has 2 N–H and O–H groups in total. The minimum atomic E-state index is 0.0281. The van der Waals surface area contributed by atoms with E-state index in [1.807, 2.05) is 25.3 Å². The van der Waals surface area contributed by atoms with Crippen molar-refractivity contribution in [2.45, 2.75) is 25.8 Å². The third kappa shape index (κ3) is 3.96. The van der Waals surface area contributed by atoms with Gasteiger partial charge < -0.3 is 10.6 Å². The Morgan fingerprint density at radius 1 is 1.17 bits per heavy atom. The summed E-state index contributed by atoms with van der Waals surface area (Å²) >= 11 is 0. The molecule has 3 rings (SSSR count). The number of piperidine rings is 1. The smallest absolute Gasteiger partial charge is 0.223 e. The predicted molar refractivity (Wildman–Crippen MR) is 91.8 cm³/mol. The number of rotatable bonds is 4. The van der Waals surface area contributed by atoms with Crippen molar-refractivity contribution in [1.29, 1.82) is 0 Å². The van der Waals surface area contributed by atoms with Gasteiger partial charge in [0.1, 0.15) is 0 Å². The van der Waals surface area contributed by atoms with E-state index in [1.165, 1.54) is 0 Å². The van der Waals surface area contributed by atoms with Gasteiger partial charge in [-0.2, -0.15) is 0 Å². The van der Waals surface area contributed by atoms with Crippen molar-refractivity contribution in [2.24, 2.45) is 5.92 Å². The summed E-state index contributed by atoms with van der Waals surface area (Å²) in [7, 11) is 0. The van der Waals surface area contributed by atoms with Crippen LogP contribution in [0, 0.1) is 5.92 Å². The van der Waals surface area contributed by atoms with Gasteiger partial charge in [0.25, 0.3) is 0 Å². The summed E-state index contributed by atoms with van der Waals surface area (Å²) in [6.45, 7) is 3.91. The molecule has 2 aromatic rings. The fraction of sp³-hybridized carbons (Fsp3) is 0.368. The lowest BCUT2D eigenvalue weighted by Crippen LogP contribution is -2.39. The monoisotopic (exact) mass is 309 g/mol. The minimum absolute atomic E-state index is 0.0281. The SMILES string of the molecule is CC(NC(=O)C1CCNCC1)c1ccc(-c2cccnc2)cc1. The van der Waals surface area contributed by atoms with Gasteiger partial charge in [0.05, 0.1) is 6.04 Å². The molecule has 1 aromatic heterocycles.